The minimum absolute atomic E-state index is 0.0509. The number of benzene rings is 2. The second kappa shape index (κ2) is 5.88. The molecule has 0 saturated carbocycles. The number of aryl methyl sites for hydroxylation is 1. The first-order valence-electron chi connectivity index (χ1n) is 5.67. The van der Waals surface area contributed by atoms with Gasteiger partial charge in [0.1, 0.15) is 5.75 Å². The molecule has 2 nitrogen and oxygen atoms in total. The van der Waals surface area contributed by atoms with Crippen LogP contribution in [0.25, 0.3) is 0 Å². The highest BCUT2D eigenvalue weighted by Gasteiger charge is 2.16. The van der Waals surface area contributed by atoms with Gasteiger partial charge in [-0.25, -0.2) is 0 Å². The molecule has 4 heteroatoms. The van der Waals surface area contributed by atoms with Gasteiger partial charge in [-0.1, -0.05) is 31.9 Å². The summed E-state index contributed by atoms with van der Waals surface area (Å²) < 4.78 is 7.14. The summed E-state index contributed by atoms with van der Waals surface area (Å²) in [4.78, 5) is 12.5. The molecular formula is C15H12Br2O2. The highest BCUT2D eigenvalue weighted by molar-refractivity contribution is 9.10. The zero-order valence-corrected chi connectivity index (χ0v) is 13.7. The van der Waals surface area contributed by atoms with Gasteiger partial charge in [-0.2, -0.15) is 0 Å². The zero-order valence-electron chi connectivity index (χ0n) is 10.5. The van der Waals surface area contributed by atoms with Crippen LogP contribution in [0.3, 0.4) is 0 Å². The molecule has 0 N–H and O–H groups in total. The molecule has 0 heterocycles. The van der Waals surface area contributed by atoms with E-state index in [0.29, 0.717) is 16.9 Å². The van der Waals surface area contributed by atoms with Crippen molar-refractivity contribution in [2.75, 3.05) is 7.11 Å². The number of ketones is 1. The Labute approximate surface area is 129 Å². The van der Waals surface area contributed by atoms with Crippen molar-refractivity contribution in [3.8, 4) is 5.75 Å². The van der Waals surface area contributed by atoms with Crippen molar-refractivity contribution in [2.24, 2.45) is 0 Å². The molecule has 0 aliphatic carbocycles. The molecule has 0 saturated heterocycles. The molecule has 0 bridgehead atoms. The maximum atomic E-state index is 12.5. The van der Waals surface area contributed by atoms with Gasteiger partial charge in [0.05, 0.1) is 12.7 Å². The van der Waals surface area contributed by atoms with E-state index in [-0.39, 0.29) is 5.78 Å². The number of hydrogen-bond acceptors (Lipinski definition) is 2. The fourth-order valence-corrected chi connectivity index (χ4v) is 2.37. The van der Waals surface area contributed by atoms with Crippen LogP contribution in [0, 0.1) is 6.92 Å². The largest absolute Gasteiger partial charge is 0.496 e. The van der Waals surface area contributed by atoms with E-state index in [2.05, 4.69) is 31.9 Å². The minimum atomic E-state index is -0.0509. The van der Waals surface area contributed by atoms with E-state index >= 15 is 0 Å². The lowest BCUT2D eigenvalue weighted by molar-refractivity contribution is 0.103. The van der Waals surface area contributed by atoms with Gasteiger partial charge in [-0.05, 0) is 48.9 Å². The first-order valence-corrected chi connectivity index (χ1v) is 7.26. The first kappa shape index (κ1) is 14.3. The van der Waals surface area contributed by atoms with Crippen LogP contribution in [0.1, 0.15) is 21.5 Å². The highest BCUT2D eigenvalue weighted by atomic mass is 79.9. The summed E-state index contributed by atoms with van der Waals surface area (Å²) in [7, 11) is 1.57. The number of hydrogen-bond donors (Lipinski definition) is 0. The molecule has 0 spiro atoms. The maximum absolute atomic E-state index is 12.5. The molecule has 0 aliphatic rings. The first-order chi connectivity index (χ1) is 9.02. The van der Waals surface area contributed by atoms with Gasteiger partial charge >= 0.3 is 0 Å². The second-order valence-electron chi connectivity index (χ2n) is 4.14. The van der Waals surface area contributed by atoms with Crippen molar-refractivity contribution < 1.29 is 9.53 Å². The molecule has 2 aromatic rings. The summed E-state index contributed by atoms with van der Waals surface area (Å²) in [6.45, 7) is 1.96. The van der Waals surface area contributed by atoms with Crippen molar-refractivity contribution in [3.63, 3.8) is 0 Å². The Morgan fingerprint density at radius 1 is 1.11 bits per heavy atom. The third-order valence-electron chi connectivity index (χ3n) is 2.83. The monoisotopic (exact) mass is 382 g/mol. The van der Waals surface area contributed by atoms with Gasteiger partial charge in [-0.3, -0.25) is 4.79 Å². The lowest BCUT2D eigenvalue weighted by Gasteiger charge is -2.10. The molecule has 0 aromatic heterocycles. The molecule has 0 unspecified atom stereocenters. The Balaban J connectivity index is 2.49. The van der Waals surface area contributed by atoms with Crippen LogP contribution in [-0.4, -0.2) is 12.9 Å². The van der Waals surface area contributed by atoms with E-state index in [9.17, 15) is 4.79 Å². The van der Waals surface area contributed by atoms with Crippen molar-refractivity contribution in [3.05, 3.63) is 62.0 Å². The van der Waals surface area contributed by atoms with Crippen molar-refractivity contribution in [1.29, 1.82) is 0 Å². The summed E-state index contributed by atoms with van der Waals surface area (Å²) in [6.07, 6.45) is 0. The molecule has 0 fully saturated rings. The lowest BCUT2D eigenvalue weighted by Crippen LogP contribution is -2.04. The lowest BCUT2D eigenvalue weighted by atomic mass is 10.0. The van der Waals surface area contributed by atoms with E-state index < -0.39 is 0 Å². The van der Waals surface area contributed by atoms with E-state index in [4.69, 9.17) is 4.74 Å². The van der Waals surface area contributed by atoms with Crippen LogP contribution >= 0.6 is 31.9 Å². The predicted octanol–water partition coefficient (Wildman–Crippen LogP) is 4.76. The average molecular weight is 384 g/mol. The van der Waals surface area contributed by atoms with Crippen LogP contribution in [0.5, 0.6) is 5.75 Å². The van der Waals surface area contributed by atoms with Gasteiger partial charge in [-0.15, -0.1) is 0 Å². The van der Waals surface area contributed by atoms with Crippen LogP contribution in [0.15, 0.2) is 45.3 Å². The zero-order chi connectivity index (χ0) is 14.0. The topological polar surface area (TPSA) is 26.3 Å². The molecular weight excluding hydrogens is 372 g/mol. The Hall–Kier alpha value is -1.13. The third kappa shape index (κ3) is 3.07. The number of methoxy groups -OCH3 is 1. The number of halogens is 2. The Bertz CT molecular complexity index is 619. The smallest absolute Gasteiger partial charge is 0.196 e. The summed E-state index contributed by atoms with van der Waals surface area (Å²) in [5, 5.41) is 0. The van der Waals surface area contributed by atoms with Crippen LogP contribution < -0.4 is 4.74 Å². The molecule has 19 heavy (non-hydrogen) atoms. The quantitative estimate of drug-likeness (QED) is 0.714. The van der Waals surface area contributed by atoms with Gasteiger partial charge in [0.15, 0.2) is 5.78 Å². The van der Waals surface area contributed by atoms with E-state index in [0.717, 1.165) is 14.5 Å². The summed E-state index contributed by atoms with van der Waals surface area (Å²) >= 11 is 6.80. The molecule has 0 radical (unpaired) electrons. The number of ether oxygens (including phenoxy) is 1. The fourth-order valence-electron chi connectivity index (χ4n) is 1.76. The fraction of sp³-hybridized carbons (Fsp3) is 0.133. The molecule has 0 atom stereocenters. The normalized spacial score (nSPS) is 10.3. The van der Waals surface area contributed by atoms with Gasteiger partial charge in [0.25, 0.3) is 0 Å². The third-order valence-corrected chi connectivity index (χ3v) is 4.21. The van der Waals surface area contributed by atoms with Gasteiger partial charge in [0.2, 0.25) is 0 Å². The van der Waals surface area contributed by atoms with Crippen LogP contribution in [-0.2, 0) is 0 Å². The SMILES string of the molecule is COc1cc(C)c(Br)cc1C(=O)c1ccc(Br)cc1. The summed E-state index contributed by atoms with van der Waals surface area (Å²) in [5.74, 6) is 0.540. The standard InChI is InChI=1S/C15H12Br2O2/c1-9-7-14(19-2)12(8-13(9)17)15(18)10-3-5-11(16)6-4-10/h3-8H,1-2H3. The molecule has 0 amide bonds. The maximum Gasteiger partial charge on any atom is 0.196 e. The summed E-state index contributed by atoms with van der Waals surface area (Å²) in [5.41, 5.74) is 2.23. The Morgan fingerprint density at radius 2 is 1.74 bits per heavy atom. The van der Waals surface area contributed by atoms with E-state index in [1.807, 2.05) is 25.1 Å². The Kier molecular flexibility index (Phi) is 4.42. The second-order valence-corrected chi connectivity index (χ2v) is 5.91. The Morgan fingerprint density at radius 3 is 2.32 bits per heavy atom. The van der Waals surface area contributed by atoms with Crippen LogP contribution in [0.2, 0.25) is 0 Å². The minimum Gasteiger partial charge on any atom is -0.496 e. The number of carbonyl (C=O) groups is 1. The molecule has 98 valence electrons. The van der Waals surface area contributed by atoms with Gasteiger partial charge < -0.3 is 4.74 Å². The predicted molar refractivity (Wildman–Crippen MR) is 83.0 cm³/mol. The molecule has 2 aromatic carbocycles. The van der Waals surface area contributed by atoms with Crippen molar-refractivity contribution >= 4 is 37.6 Å². The summed E-state index contributed by atoms with van der Waals surface area (Å²) in [6, 6.07) is 10.9. The molecule has 0 aliphatic heterocycles. The van der Waals surface area contributed by atoms with E-state index in [1.54, 1.807) is 25.3 Å². The molecule has 2 rings (SSSR count). The average Bonchev–Trinajstić information content (AvgIpc) is 2.41. The van der Waals surface area contributed by atoms with E-state index in [1.165, 1.54) is 0 Å². The van der Waals surface area contributed by atoms with Crippen LogP contribution in [0.4, 0.5) is 0 Å². The number of carbonyl (C=O) groups excluding carboxylic acids is 1. The van der Waals surface area contributed by atoms with Crippen molar-refractivity contribution in [2.45, 2.75) is 6.92 Å². The number of rotatable bonds is 3. The van der Waals surface area contributed by atoms with Gasteiger partial charge in [0, 0.05) is 14.5 Å². The van der Waals surface area contributed by atoms with Crippen molar-refractivity contribution in [1.82, 2.24) is 0 Å². The highest BCUT2D eigenvalue weighted by Crippen LogP contribution is 2.29.